The normalized spacial score (nSPS) is 16.2. The lowest BCUT2D eigenvalue weighted by atomic mass is 10.1. The number of benzene rings is 2. The Morgan fingerprint density at radius 3 is 2.38 bits per heavy atom. The monoisotopic (exact) mass is 436 g/mol. The smallest absolute Gasteiger partial charge is 0.456 e. The Kier molecular flexibility index (Phi) is 4.12. The molecule has 0 spiro atoms. The first-order valence-electron chi connectivity index (χ1n) is 8.04. The summed E-state index contributed by atoms with van der Waals surface area (Å²) in [6.07, 6.45) is -0.936. The molecule has 0 atom stereocenters. The van der Waals surface area contributed by atoms with Gasteiger partial charge in [0.2, 0.25) is 0 Å². The van der Waals surface area contributed by atoms with Crippen molar-refractivity contribution in [3.8, 4) is 11.5 Å². The van der Waals surface area contributed by atoms with E-state index in [0.29, 0.717) is 6.07 Å². The molecule has 1 aliphatic carbocycles. The zero-order valence-corrected chi connectivity index (χ0v) is 15.0. The van der Waals surface area contributed by atoms with Crippen LogP contribution < -0.4 is 4.74 Å². The minimum atomic E-state index is -5.83. The lowest BCUT2D eigenvalue weighted by Crippen LogP contribution is -2.25. The van der Waals surface area contributed by atoms with Gasteiger partial charge in [0.25, 0.3) is 15.8 Å². The van der Waals surface area contributed by atoms with E-state index >= 15 is 0 Å². The van der Waals surface area contributed by atoms with Crippen LogP contribution in [0.15, 0.2) is 35.4 Å². The molecule has 1 aromatic heterocycles. The van der Waals surface area contributed by atoms with E-state index in [4.69, 9.17) is 4.74 Å². The van der Waals surface area contributed by atoms with Crippen molar-refractivity contribution in [3.05, 3.63) is 47.4 Å². The van der Waals surface area contributed by atoms with Crippen LogP contribution in [0.1, 0.15) is 11.1 Å². The summed E-state index contributed by atoms with van der Waals surface area (Å²) in [7, 11) is -5.83. The average molecular weight is 436 g/mol. The van der Waals surface area contributed by atoms with Crippen molar-refractivity contribution >= 4 is 20.7 Å². The highest BCUT2D eigenvalue weighted by molar-refractivity contribution is 7.92. The summed E-state index contributed by atoms with van der Waals surface area (Å²) in [5.41, 5.74) is -6.64. The Hall–Kier alpha value is -2.76. The highest BCUT2D eigenvalue weighted by Gasteiger charge is 2.51. The molecule has 1 heterocycles. The minimum absolute atomic E-state index is 0.0130. The summed E-state index contributed by atoms with van der Waals surface area (Å²) >= 11 is 0. The number of sulfone groups is 1. The van der Waals surface area contributed by atoms with Crippen LogP contribution in [0.5, 0.6) is 11.5 Å². The van der Waals surface area contributed by atoms with Crippen LogP contribution >= 0.6 is 0 Å². The van der Waals surface area contributed by atoms with Gasteiger partial charge in [0.1, 0.15) is 22.8 Å². The molecular weight excluding hydrogens is 426 g/mol. The van der Waals surface area contributed by atoms with Crippen LogP contribution in [0.2, 0.25) is 0 Å². The predicted molar refractivity (Wildman–Crippen MR) is 88.2 cm³/mol. The summed E-state index contributed by atoms with van der Waals surface area (Å²) in [6.45, 7) is 0. The largest absolute Gasteiger partial charge is 0.501 e. The molecule has 4 rings (SSSR count). The van der Waals surface area contributed by atoms with Gasteiger partial charge < -0.3 is 4.74 Å². The van der Waals surface area contributed by atoms with E-state index in [0.717, 1.165) is 12.1 Å². The number of alkyl halides is 5. The molecule has 0 saturated heterocycles. The van der Waals surface area contributed by atoms with E-state index in [-0.39, 0.29) is 28.0 Å². The van der Waals surface area contributed by atoms with Crippen LogP contribution in [-0.4, -0.2) is 30.0 Å². The molecule has 0 saturated carbocycles. The zero-order valence-electron chi connectivity index (χ0n) is 14.1. The van der Waals surface area contributed by atoms with Crippen molar-refractivity contribution in [3.63, 3.8) is 0 Å². The van der Waals surface area contributed by atoms with E-state index in [1.807, 2.05) is 0 Å². The number of H-pyrrole nitrogens is 1. The first-order valence-corrected chi connectivity index (χ1v) is 9.52. The number of fused-ring (bicyclic) bond motifs is 2. The fourth-order valence-corrected chi connectivity index (χ4v) is 4.29. The number of aromatic nitrogens is 2. The van der Waals surface area contributed by atoms with E-state index in [2.05, 4.69) is 10.2 Å². The molecule has 0 unspecified atom stereocenters. The standard InChI is InChI=1S/C17H10F6N2O3S/c18-11-1-2-13(10-7-24-25-15(10)11)28-12-3-4-14(29(26,27)17(21,22)23)9-6-16(19,20)5-8(9)12/h1-4,7H,5-6H2,(H,24,25). The van der Waals surface area contributed by atoms with Crippen molar-refractivity contribution in [2.45, 2.75) is 29.2 Å². The second-order valence-corrected chi connectivity index (χ2v) is 8.39. The van der Waals surface area contributed by atoms with Gasteiger partial charge in [-0.3, -0.25) is 5.10 Å². The number of halogens is 6. The molecule has 3 aromatic rings. The Bertz CT molecular complexity index is 1230. The lowest BCUT2D eigenvalue weighted by molar-refractivity contribution is -0.0437. The van der Waals surface area contributed by atoms with E-state index < -0.39 is 50.4 Å². The van der Waals surface area contributed by atoms with Crippen LogP contribution in [0.3, 0.4) is 0 Å². The van der Waals surface area contributed by atoms with E-state index in [1.165, 1.54) is 12.3 Å². The highest BCUT2D eigenvalue weighted by atomic mass is 32.2. The molecule has 2 aromatic carbocycles. The van der Waals surface area contributed by atoms with Gasteiger partial charge in [0.15, 0.2) is 0 Å². The number of hydrogen-bond acceptors (Lipinski definition) is 4. The maximum atomic E-state index is 14.0. The molecule has 5 nitrogen and oxygen atoms in total. The molecule has 0 bridgehead atoms. The van der Waals surface area contributed by atoms with Crippen molar-refractivity contribution in [1.82, 2.24) is 10.2 Å². The number of nitrogens with zero attached hydrogens (tertiary/aromatic N) is 1. The fourth-order valence-electron chi connectivity index (χ4n) is 3.27. The second-order valence-electron chi connectivity index (χ2n) is 6.48. The van der Waals surface area contributed by atoms with E-state index in [1.54, 1.807) is 0 Å². The quantitative estimate of drug-likeness (QED) is 0.613. The number of hydrogen-bond donors (Lipinski definition) is 1. The van der Waals surface area contributed by atoms with Gasteiger partial charge in [-0.1, -0.05) is 0 Å². The molecule has 154 valence electrons. The number of nitrogens with one attached hydrogen (secondary N) is 1. The molecule has 1 N–H and O–H groups in total. The highest BCUT2D eigenvalue weighted by Crippen LogP contribution is 2.46. The number of aromatic amines is 1. The summed E-state index contributed by atoms with van der Waals surface area (Å²) in [5, 5.41) is 6.24. The lowest BCUT2D eigenvalue weighted by Gasteiger charge is -2.15. The Labute approximate surface area is 159 Å². The number of ether oxygens (including phenoxy) is 1. The summed E-state index contributed by atoms with van der Waals surface area (Å²) in [5.74, 6) is -4.31. The Morgan fingerprint density at radius 2 is 1.69 bits per heavy atom. The third-order valence-corrected chi connectivity index (χ3v) is 6.13. The van der Waals surface area contributed by atoms with Gasteiger partial charge >= 0.3 is 5.51 Å². The molecule has 0 radical (unpaired) electrons. The third-order valence-electron chi connectivity index (χ3n) is 4.55. The van der Waals surface area contributed by atoms with Crippen LogP contribution in [0.4, 0.5) is 26.3 Å². The van der Waals surface area contributed by atoms with Crippen LogP contribution in [0, 0.1) is 5.82 Å². The van der Waals surface area contributed by atoms with Gasteiger partial charge in [-0.05, 0) is 29.8 Å². The number of rotatable bonds is 3. The van der Waals surface area contributed by atoms with Crippen molar-refractivity contribution in [1.29, 1.82) is 0 Å². The molecule has 12 heteroatoms. The Balaban J connectivity index is 1.86. The van der Waals surface area contributed by atoms with Crippen LogP contribution in [0.25, 0.3) is 10.9 Å². The molecule has 29 heavy (non-hydrogen) atoms. The summed E-state index contributed by atoms with van der Waals surface area (Å²) < 4.78 is 110. The van der Waals surface area contributed by atoms with Gasteiger partial charge in [-0.25, -0.2) is 21.6 Å². The maximum Gasteiger partial charge on any atom is 0.501 e. The van der Waals surface area contributed by atoms with E-state index in [9.17, 15) is 34.8 Å². The first kappa shape index (κ1) is 19.6. The second kappa shape index (κ2) is 6.12. The Morgan fingerprint density at radius 1 is 1.03 bits per heavy atom. The maximum absolute atomic E-state index is 14.0. The van der Waals surface area contributed by atoms with Crippen molar-refractivity contribution in [2.75, 3.05) is 0 Å². The molecule has 1 aliphatic rings. The third kappa shape index (κ3) is 3.11. The van der Waals surface area contributed by atoms with Crippen molar-refractivity contribution < 1.29 is 39.5 Å². The molecule has 0 amide bonds. The zero-order chi connectivity index (χ0) is 21.2. The minimum Gasteiger partial charge on any atom is -0.456 e. The van der Waals surface area contributed by atoms with Crippen molar-refractivity contribution in [2.24, 2.45) is 0 Å². The average Bonchev–Trinajstić information content (AvgIpc) is 3.20. The van der Waals surface area contributed by atoms with Gasteiger partial charge in [-0.15, -0.1) is 0 Å². The molecule has 0 fully saturated rings. The van der Waals surface area contributed by atoms with Gasteiger partial charge in [-0.2, -0.15) is 18.3 Å². The first-order chi connectivity index (χ1) is 13.4. The van der Waals surface area contributed by atoms with Gasteiger partial charge in [0, 0.05) is 18.4 Å². The SMILES string of the molecule is O=S(=O)(c1ccc(Oc2ccc(F)c3[nH]ncc23)c2c1CC(F)(F)C2)C(F)(F)F. The van der Waals surface area contributed by atoms with Crippen LogP contribution in [-0.2, 0) is 22.7 Å². The predicted octanol–water partition coefficient (Wildman–Crippen LogP) is 4.52. The fraction of sp³-hybridized carbons (Fsp3) is 0.235. The van der Waals surface area contributed by atoms with Gasteiger partial charge in [0.05, 0.1) is 16.5 Å². The summed E-state index contributed by atoms with van der Waals surface area (Å²) in [6, 6.07) is 3.71. The topological polar surface area (TPSA) is 72.1 Å². The molecule has 0 aliphatic heterocycles. The summed E-state index contributed by atoms with van der Waals surface area (Å²) in [4.78, 5) is -1.22. The molecular formula is C17H10F6N2O3S.